The first-order valence-corrected chi connectivity index (χ1v) is 23.9. The number of nitrogens with zero attached hydrogens (tertiary/aromatic N) is 10. The molecule has 0 radical (unpaired) electrons. The number of unbranched alkanes of at least 4 members (excludes halogenated alkanes) is 4. The van der Waals surface area contributed by atoms with Gasteiger partial charge in [-0.3, -0.25) is 19.7 Å². The van der Waals surface area contributed by atoms with Crippen LogP contribution in [0.5, 0.6) is 0 Å². The van der Waals surface area contributed by atoms with Crippen LogP contribution in [0.15, 0.2) is 35.4 Å². The van der Waals surface area contributed by atoms with Crippen LogP contribution in [0.25, 0.3) is 33.8 Å². The van der Waals surface area contributed by atoms with E-state index in [1.165, 1.54) is 18.5 Å². The van der Waals surface area contributed by atoms with Crippen LogP contribution >= 0.6 is 0 Å². The van der Waals surface area contributed by atoms with Crippen LogP contribution in [0.1, 0.15) is 121 Å². The zero-order valence-corrected chi connectivity index (χ0v) is 38.5. The Hall–Kier alpha value is -6.11. The molecular formula is C48H59F2N13O4. The molecule has 10 rings (SSSR count). The van der Waals surface area contributed by atoms with Gasteiger partial charge in [0.2, 0.25) is 17.7 Å². The minimum atomic E-state index is -0.711. The quantitative estimate of drug-likeness (QED) is 0.0756. The Morgan fingerprint density at radius 3 is 2.28 bits per heavy atom. The van der Waals surface area contributed by atoms with Crippen LogP contribution in [-0.4, -0.2) is 114 Å². The summed E-state index contributed by atoms with van der Waals surface area (Å²) in [5, 5.41) is 15.2. The number of nitrogens with two attached hydrogens (primary N) is 1. The van der Waals surface area contributed by atoms with Crippen LogP contribution in [0.3, 0.4) is 0 Å². The van der Waals surface area contributed by atoms with E-state index in [4.69, 9.17) is 25.3 Å². The van der Waals surface area contributed by atoms with E-state index in [1.54, 1.807) is 4.90 Å². The number of carbonyl (C=O) groups is 3. The third-order valence-corrected chi connectivity index (χ3v) is 14.2. The minimum Gasteiger partial charge on any atom is -0.383 e. The van der Waals surface area contributed by atoms with Gasteiger partial charge in [0.05, 0.1) is 16.5 Å². The summed E-state index contributed by atoms with van der Waals surface area (Å²) in [6, 6.07) is 1.73. The molecule has 0 bridgehead atoms. The average Bonchev–Trinajstić information content (AvgIpc) is 3.89. The molecule has 5 aliphatic rings. The molecule has 4 aliphatic heterocycles. The molecule has 5 fully saturated rings. The van der Waals surface area contributed by atoms with Gasteiger partial charge in [0.15, 0.2) is 28.9 Å². The normalized spacial score (nSPS) is 20.0. The van der Waals surface area contributed by atoms with Gasteiger partial charge in [0.25, 0.3) is 0 Å². The van der Waals surface area contributed by atoms with E-state index in [0.717, 1.165) is 107 Å². The highest BCUT2D eigenvalue weighted by atomic mass is 19.1. The van der Waals surface area contributed by atoms with Crippen molar-refractivity contribution in [2.75, 3.05) is 61.8 Å². The number of hydrogen-bond acceptors (Lipinski definition) is 14. The number of benzene rings is 1. The van der Waals surface area contributed by atoms with Gasteiger partial charge < -0.3 is 30.3 Å². The van der Waals surface area contributed by atoms with Gasteiger partial charge in [0, 0.05) is 81.5 Å². The van der Waals surface area contributed by atoms with Crippen molar-refractivity contribution in [2.45, 2.75) is 121 Å². The molecule has 17 nitrogen and oxygen atoms in total. The maximum Gasteiger partial charge on any atom is 0.249 e. The molecule has 4 aromatic heterocycles. The van der Waals surface area contributed by atoms with Crippen LogP contribution in [0, 0.1) is 17.0 Å². The Bertz CT molecular complexity index is 2650. The van der Waals surface area contributed by atoms with E-state index in [9.17, 15) is 14.4 Å². The maximum absolute atomic E-state index is 15.1. The van der Waals surface area contributed by atoms with E-state index in [-0.39, 0.29) is 58.8 Å². The fourth-order valence-electron chi connectivity index (χ4n) is 10.5. The third-order valence-electron chi connectivity index (χ3n) is 14.2. The number of piperidine rings is 2. The van der Waals surface area contributed by atoms with Gasteiger partial charge in [-0.15, -0.1) is 0 Å². The summed E-state index contributed by atoms with van der Waals surface area (Å²) < 4.78 is 38.0. The molecule has 4 saturated heterocycles. The van der Waals surface area contributed by atoms with Crippen molar-refractivity contribution in [3.05, 3.63) is 53.8 Å². The number of anilines is 3. The summed E-state index contributed by atoms with van der Waals surface area (Å²) >= 11 is 0. The number of amides is 3. The van der Waals surface area contributed by atoms with Crippen LogP contribution in [-0.2, 0) is 19.9 Å². The molecule has 354 valence electrons. The lowest BCUT2D eigenvalue weighted by Gasteiger charge is -2.61. The molecule has 1 atom stereocenters. The number of fused-ring (bicyclic) bond motifs is 1. The zero-order valence-electron chi connectivity index (χ0n) is 38.5. The molecule has 1 unspecified atom stereocenters. The predicted molar refractivity (Wildman–Crippen MR) is 247 cm³/mol. The first-order valence-electron chi connectivity index (χ1n) is 23.9. The highest BCUT2D eigenvalue weighted by molar-refractivity contribution is 6.02. The monoisotopic (exact) mass is 919 g/mol. The van der Waals surface area contributed by atoms with E-state index in [1.807, 2.05) is 22.0 Å². The summed E-state index contributed by atoms with van der Waals surface area (Å²) in [6.45, 7) is 11.7. The minimum absolute atomic E-state index is 0.0288. The van der Waals surface area contributed by atoms with E-state index in [0.29, 0.717) is 53.6 Å². The number of aromatic nitrogens is 7. The Morgan fingerprint density at radius 2 is 1.60 bits per heavy atom. The van der Waals surface area contributed by atoms with Crippen molar-refractivity contribution in [2.24, 2.45) is 5.41 Å². The number of nitrogens with one attached hydrogen (secondary N) is 2. The number of nitrogen functional groups attached to an aromatic ring is 1. The predicted octanol–water partition coefficient (Wildman–Crippen LogP) is 6.52. The highest BCUT2D eigenvalue weighted by Crippen LogP contribution is 2.48. The molecule has 5 aromatic rings. The van der Waals surface area contributed by atoms with Gasteiger partial charge >= 0.3 is 0 Å². The topological polar surface area (TPSA) is 206 Å². The standard InChI is InChI=1S/C48H59F2N13O4/c1-47(2,3)63-45-38(43(51)54-27-55-45)39(58-63)40-37(42(67-59-40)29-10-11-29)44-52-21-30(22-53-44)28-14-17-61(18-15-28)36(65)9-7-5-4-6-8-16-60-23-48(24-60)25-62(26-48)41-32(49)19-31(20-33(41)50)56-34-12-13-35(64)57-46(34)66/h19-22,27-29,34,56H,4-18,23-26H2,1-3H3,(H2,51,54,55)(H,57,64,66). The Morgan fingerprint density at radius 1 is 0.896 bits per heavy atom. The summed E-state index contributed by atoms with van der Waals surface area (Å²) in [7, 11) is 0. The second-order valence-corrected chi connectivity index (χ2v) is 20.4. The number of likely N-dealkylation sites (tertiary alicyclic amines) is 2. The second-order valence-electron chi connectivity index (χ2n) is 20.4. The van der Waals surface area contributed by atoms with E-state index < -0.39 is 23.6 Å². The van der Waals surface area contributed by atoms with Crippen molar-refractivity contribution in [3.63, 3.8) is 0 Å². The SMILES string of the molecule is CC(C)(C)n1nc(-c2noc(C3CC3)c2-c2ncc(C3CCN(C(=O)CCCCCCCN4CC5(C4)CN(c4c(F)cc(NC6CCC(=O)NC6=O)cc4F)C5)CC3)cn2)c2c(N)ncnc21. The first-order chi connectivity index (χ1) is 32.2. The van der Waals surface area contributed by atoms with Crippen LogP contribution < -0.4 is 21.3 Å². The lowest BCUT2D eigenvalue weighted by molar-refractivity contribution is -0.134. The molecular weight excluding hydrogens is 861 g/mol. The molecule has 4 N–H and O–H groups in total. The lowest BCUT2D eigenvalue weighted by atomic mass is 9.72. The fraction of sp³-hybridized carbons (Fsp3) is 0.562. The molecule has 8 heterocycles. The number of rotatable bonds is 15. The van der Waals surface area contributed by atoms with Gasteiger partial charge in [-0.2, -0.15) is 5.10 Å². The van der Waals surface area contributed by atoms with Crippen molar-refractivity contribution in [1.29, 1.82) is 0 Å². The average molecular weight is 920 g/mol. The molecule has 1 aliphatic carbocycles. The molecule has 19 heteroatoms. The van der Waals surface area contributed by atoms with Crippen molar-refractivity contribution in [3.8, 4) is 22.8 Å². The molecule has 1 aromatic carbocycles. The first kappa shape index (κ1) is 44.7. The van der Waals surface area contributed by atoms with Crippen molar-refractivity contribution in [1.82, 2.24) is 50.0 Å². The Labute approximate surface area is 387 Å². The van der Waals surface area contributed by atoms with Gasteiger partial charge in [-0.1, -0.05) is 24.4 Å². The lowest BCUT2D eigenvalue weighted by Crippen LogP contribution is -2.72. The summed E-state index contributed by atoms with van der Waals surface area (Å²) in [4.78, 5) is 61.4. The maximum atomic E-state index is 15.1. The molecule has 1 spiro atoms. The largest absolute Gasteiger partial charge is 0.383 e. The van der Waals surface area contributed by atoms with Crippen molar-refractivity contribution < 1.29 is 27.7 Å². The summed E-state index contributed by atoms with van der Waals surface area (Å²) in [5.41, 5.74) is 9.75. The number of halogens is 2. The van der Waals surface area contributed by atoms with Gasteiger partial charge in [-0.25, -0.2) is 33.4 Å². The fourth-order valence-corrected chi connectivity index (χ4v) is 10.5. The van der Waals surface area contributed by atoms with Gasteiger partial charge in [0.1, 0.15) is 35.3 Å². The number of hydrogen-bond donors (Lipinski definition) is 3. The third kappa shape index (κ3) is 9.05. The smallest absolute Gasteiger partial charge is 0.249 e. The molecule has 1 saturated carbocycles. The summed E-state index contributed by atoms with van der Waals surface area (Å²) in [5.74, 6) is 0.182. The number of carbonyl (C=O) groups excluding carboxylic acids is 3. The number of imide groups is 1. The van der Waals surface area contributed by atoms with Crippen LogP contribution in [0.4, 0.5) is 26.0 Å². The second kappa shape index (κ2) is 17.8. The van der Waals surface area contributed by atoms with Crippen LogP contribution in [0.2, 0.25) is 0 Å². The summed E-state index contributed by atoms with van der Waals surface area (Å²) in [6.07, 6.45) is 15.2. The zero-order chi connectivity index (χ0) is 46.6. The van der Waals surface area contributed by atoms with E-state index in [2.05, 4.69) is 51.4 Å². The molecule has 67 heavy (non-hydrogen) atoms. The van der Waals surface area contributed by atoms with Gasteiger partial charge in [-0.05, 0) is 95.9 Å². The highest BCUT2D eigenvalue weighted by Gasteiger charge is 2.52. The Kier molecular flexibility index (Phi) is 11.9. The molecule has 3 amide bonds. The Balaban J connectivity index is 0.634. The van der Waals surface area contributed by atoms with Crippen molar-refractivity contribution >= 4 is 45.9 Å². The van der Waals surface area contributed by atoms with E-state index >= 15 is 8.78 Å².